The summed E-state index contributed by atoms with van der Waals surface area (Å²) in [5.74, 6) is -0.302. The molecule has 0 spiro atoms. The number of ether oxygens (including phenoxy) is 2. The van der Waals surface area contributed by atoms with Gasteiger partial charge in [-0.15, -0.1) is 0 Å². The Labute approximate surface area is 260 Å². The smallest absolute Gasteiger partial charge is 0.247 e. The van der Waals surface area contributed by atoms with Gasteiger partial charge in [0.2, 0.25) is 11.8 Å². The van der Waals surface area contributed by atoms with Gasteiger partial charge in [0.1, 0.15) is 18.5 Å². The summed E-state index contributed by atoms with van der Waals surface area (Å²) >= 11 is 12.7. The highest BCUT2D eigenvalue weighted by Crippen LogP contribution is 2.51. The molecule has 1 fully saturated rings. The number of carbonyl (C=O) groups is 3. The molecule has 2 aromatic rings. The van der Waals surface area contributed by atoms with Gasteiger partial charge in [-0.05, 0) is 48.2 Å². The summed E-state index contributed by atoms with van der Waals surface area (Å²) in [5, 5.41) is 24.8. The third-order valence-electron chi connectivity index (χ3n) is 8.69. The molecular formula is C32H36Cl2N2O7. The van der Waals surface area contributed by atoms with Crippen molar-refractivity contribution in [3.05, 3.63) is 68.7 Å². The van der Waals surface area contributed by atoms with Crippen LogP contribution in [0.25, 0.3) is 0 Å². The number of aliphatic hydroxyl groups is 2. The van der Waals surface area contributed by atoms with Crippen LogP contribution in [0.3, 0.4) is 0 Å². The van der Waals surface area contributed by atoms with Crippen molar-refractivity contribution < 1.29 is 34.1 Å². The lowest BCUT2D eigenvalue weighted by Crippen LogP contribution is -2.55. The molecule has 230 valence electrons. The molecule has 2 aromatic carbocycles. The number of carbonyl (C=O) groups excluding carboxylic acids is 3. The summed E-state index contributed by atoms with van der Waals surface area (Å²) in [6.45, 7) is -0.182. The van der Waals surface area contributed by atoms with Gasteiger partial charge in [0.25, 0.3) is 0 Å². The topological polar surface area (TPSA) is 125 Å². The molecule has 0 aromatic heterocycles. The van der Waals surface area contributed by atoms with Crippen molar-refractivity contribution >= 4 is 41.3 Å². The number of hydrogen-bond donors (Lipinski definition) is 3. The van der Waals surface area contributed by atoms with Crippen LogP contribution in [0.2, 0.25) is 10.0 Å². The summed E-state index contributed by atoms with van der Waals surface area (Å²) in [7, 11) is 1.44. The number of fused-ring (bicyclic) bond motifs is 3. The summed E-state index contributed by atoms with van der Waals surface area (Å²) < 4.78 is 11.8. The Bertz CT molecular complexity index is 1410. The van der Waals surface area contributed by atoms with E-state index in [0.717, 1.165) is 32.1 Å². The number of aliphatic hydroxyl groups excluding tert-OH is 2. The molecule has 0 unspecified atom stereocenters. The van der Waals surface area contributed by atoms with Crippen LogP contribution in [0.5, 0.6) is 11.5 Å². The second-order valence-corrected chi connectivity index (χ2v) is 12.2. The van der Waals surface area contributed by atoms with Gasteiger partial charge < -0.3 is 29.9 Å². The van der Waals surface area contributed by atoms with Gasteiger partial charge in [0, 0.05) is 46.3 Å². The van der Waals surface area contributed by atoms with E-state index in [-0.39, 0.29) is 37.6 Å². The molecule has 2 amide bonds. The molecule has 2 aliphatic carbocycles. The molecule has 43 heavy (non-hydrogen) atoms. The van der Waals surface area contributed by atoms with Crippen molar-refractivity contribution in [1.82, 2.24) is 10.2 Å². The molecule has 0 bridgehead atoms. The first kappa shape index (κ1) is 31.3. The summed E-state index contributed by atoms with van der Waals surface area (Å²) in [4.78, 5) is 40.8. The van der Waals surface area contributed by atoms with E-state index >= 15 is 0 Å². The van der Waals surface area contributed by atoms with Crippen LogP contribution >= 0.6 is 23.2 Å². The minimum Gasteiger partial charge on any atom is -0.493 e. The Hall–Kier alpha value is -3.11. The van der Waals surface area contributed by atoms with Crippen LogP contribution in [-0.2, 0) is 16.1 Å². The lowest BCUT2D eigenvalue weighted by molar-refractivity contribution is -0.138. The maximum Gasteiger partial charge on any atom is 0.247 e. The molecule has 4 atom stereocenters. The maximum atomic E-state index is 14.0. The predicted octanol–water partition coefficient (Wildman–Crippen LogP) is 4.44. The van der Waals surface area contributed by atoms with Crippen molar-refractivity contribution in [2.45, 2.75) is 69.2 Å². The Morgan fingerprint density at radius 3 is 2.63 bits per heavy atom. The minimum atomic E-state index is -1.24. The van der Waals surface area contributed by atoms with Gasteiger partial charge in [0.05, 0.1) is 25.7 Å². The van der Waals surface area contributed by atoms with Gasteiger partial charge in [-0.3, -0.25) is 14.4 Å². The van der Waals surface area contributed by atoms with E-state index < -0.39 is 30.1 Å². The minimum absolute atomic E-state index is 0.0105. The zero-order chi connectivity index (χ0) is 30.7. The molecule has 3 N–H and O–H groups in total. The first-order valence-electron chi connectivity index (χ1n) is 14.6. The highest BCUT2D eigenvalue weighted by atomic mass is 35.5. The molecule has 1 heterocycles. The highest BCUT2D eigenvalue weighted by molar-refractivity contribution is 6.35. The molecule has 5 rings (SSSR count). The molecule has 1 aliphatic heterocycles. The van der Waals surface area contributed by atoms with Gasteiger partial charge in [-0.25, -0.2) is 0 Å². The molecule has 3 aliphatic rings. The summed E-state index contributed by atoms with van der Waals surface area (Å²) in [6, 6.07) is 7.24. The molecular weight excluding hydrogens is 595 g/mol. The molecule has 0 radical (unpaired) electrons. The second-order valence-electron chi connectivity index (χ2n) is 11.3. The standard InChI is InChI=1S/C32H36Cl2N2O7/c1-42-26-13-19(17-38)12-22-28-23(32(41)35-10-11-37)15-25(29(40)31(28)43-30(22)26)36(16-20-7-8-21(33)14-24(20)34)27(39)9-6-18-4-2-3-5-18/h7-8,12-15,17-18,25,28-29,31,37,40H,2-6,9-11,16H2,1H3,(H,35,41)/t25-,28+,29+,31+/m1/s1. The van der Waals surface area contributed by atoms with Crippen molar-refractivity contribution in [1.29, 1.82) is 0 Å². The first-order valence-corrected chi connectivity index (χ1v) is 15.4. The molecule has 9 nitrogen and oxygen atoms in total. The van der Waals surface area contributed by atoms with Crippen LogP contribution in [0.4, 0.5) is 0 Å². The summed E-state index contributed by atoms with van der Waals surface area (Å²) in [6.07, 6.45) is 5.62. The van der Waals surface area contributed by atoms with Crippen LogP contribution in [0.1, 0.15) is 65.9 Å². The monoisotopic (exact) mass is 630 g/mol. The maximum absolute atomic E-state index is 14.0. The van der Waals surface area contributed by atoms with E-state index in [2.05, 4.69) is 5.32 Å². The van der Waals surface area contributed by atoms with Crippen molar-refractivity contribution in [3.8, 4) is 11.5 Å². The first-order chi connectivity index (χ1) is 20.7. The second kappa shape index (κ2) is 13.7. The van der Waals surface area contributed by atoms with E-state index in [0.29, 0.717) is 50.4 Å². The zero-order valence-electron chi connectivity index (χ0n) is 23.9. The van der Waals surface area contributed by atoms with Crippen molar-refractivity contribution in [2.24, 2.45) is 5.92 Å². The number of amides is 2. The van der Waals surface area contributed by atoms with Gasteiger partial charge in [0.15, 0.2) is 11.5 Å². The number of halogens is 2. The fourth-order valence-electron chi connectivity index (χ4n) is 6.52. The SMILES string of the molecule is COc1cc(C=O)cc2c1O[C@@H]1[C@@H](O)[C@H](N(Cc3ccc(Cl)cc3Cl)C(=O)CCC3CCCC3)C=C(C(=O)NCCO)[C@H]21. The number of aldehydes is 1. The van der Waals surface area contributed by atoms with Gasteiger partial charge >= 0.3 is 0 Å². The average molecular weight is 632 g/mol. The zero-order valence-corrected chi connectivity index (χ0v) is 25.4. The largest absolute Gasteiger partial charge is 0.493 e. The number of nitrogens with zero attached hydrogens (tertiary/aromatic N) is 1. The van der Waals surface area contributed by atoms with Gasteiger partial charge in [-0.1, -0.05) is 55.0 Å². The molecule has 0 saturated heterocycles. The number of rotatable bonds is 11. The Balaban J connectivity index is 1.56. The quantitative estimate of drug-likeness (QED) is 0.314. The lowest BCUT2D eigenvalue weighted by atomic mass is 9.77. The fraction of sp³-hybridized carbons (Fsp3) is 0.469. The Morgan fingerprint density at radius 1 is 1.19 bits per heavy atom. The Kier molecular flexibility index (Phi) is 9.96. The van der Waals surface area contributed by atoms with Crippen molar-refractivity contribution in [2.75, 3.05) is 20.3 Å². The van der Waals surface area contributed by atoms with Crippen molar-refractivity contribution in [3.63, 3.8) is 0 Å². The third-order valence-corrected chi connectivity index (χ3v) is 9.28. The number of hydrogen-bond acceptors (Lipinski definition) is 7. The molecule has 1 saturated carbocycles. The Morgan fingerprint density at radius 2 is 1.95 bits per heavy atom. The normalized spacial score (nSPS) is 22.7. The number of benzene rings is 2. The van der Waals surface area contributed by atoms with E-state index in [4.69, 9.17) is 32.7 Å². The predicted molar refractivity (Wildman–Crippen MR) is 162 cm³/mol. The van der Waals surface area contributed by atoms with Crippen LogP contribution in [-0.4, -0.2) is 71.7 Å². The fourth-order valence-corrected chi connectivity index (χ4v) is 6.99. The molecule has 11 heteroatoms. The number of methoxy groups -OCH3 is 1. The highest BCUT2D eigenvalue weighted by Gasteiger charge is 2.51. The lowest BCUT2D eigenvalue weighted by Gasteiger charge is -2.41. The van der Waals surface area contributed by atoms with Crippen LogP contribution in [0, 0.1) is 5.92 Å². The third kappa shape index (κ3) is 6.55. The number of nitrogens with one attached hydrogen (secondary N) is 1. The van der Waals surface area contributed by atoms with Gasteiger partial charge in [-0.2, -0.15) is 0 Å². The van der Waals surface area contributed by atoms with Crippen LogP contribution in [0.15, 0.2) is 42.0 Å². The van der Waals surface area contributed by atoms with E-state index in [9.17, 15) is 24.6 Å². The van der Waals surface area contributed by atoms with E-state index in [1.54, 1.807) is 35.2 Å². The van der Waals surface area contributed by atoms with E-state index in [1.165, 1.54) is 13.2 Å². The van der Waals surface area contributed by atoms with E-state index in [1.807, 2.05) is 0 Å². The summed E-state index contributed by atoms with van der Waals surface area (Å²) in [5.41, 5.74) is 1.75. The average Bonchev–Trinajstić information content (AvgIpc) is 3.67. The van der Waals surface area contributed by atoms with Crippen LogP contribution < -0.4 is 14.8 Å².